The van der Waals surface area contributed by atoms with Crippen LogP contribution in [0.1, 0.15) is 30.7 Å². The summed E-state index contributed by atoms with van der Waals surface area (Å²) in [5.41, 5.74) is 3.61. The highest BCUT2D eigenvalue weighted by atomic mass is 32.1. The van der Waals surface area contributed by atoms with Crippen LogP contribution in [0.2, 0.25) is 0 Å². The van der Waals surface area contributed by atoms with Crippen LogP contribution < -0.4 is 15.0 Å². The maximum absolute atomic E-state index is 11.9. The van der Waals surface area contributed by atoms with Gasteiger partial charge in [-0.25, -0.2) is 0 Å². The third-order valence-corrected chi connectivity index (χ3v) is 8.01. The minimum atomic E-state index is 0.173. The molecule has 0 spiro atoms. The van der Waals surface area contributed by atoms with Gasteiger partial charge in [0.2, 0.25) is 5.91 Å². The Balaban J connectivity index is 0.936. The smallest absolute Gasteiger partial charge is 0.228 e. The first-order valence-corrected chi connectivity index (χ1v) is 12.7. The quantitative estimate of drug-likeness (QED) is 0.521. The minimum absolute atomic E-state index is 0.173. The molecule has 5 nitrogen and oxygen atoms in total. The Hall–Kier alpha value is -2.57. The van der Waals surface area contributed by atoms with Gasteiger partial charge >= 0.3 is 0 Å². The van der Waals surface area contributed by atoms with Crippen molar-refractivity contribution in [1.82, 2.24) is 4.90 Å². The Kier molecular flexibility index (Phi) is 5.27. The number of rotatable bonds is 7. The molecular weight excluding hydrogens is 418 g/mol. The van der Waals surface area contributed by atoms with E-state index in [1.807, 2.05) is 17.4 Å². The van der Waals surface area contributed by atoms with Crippen molar-refractivity contribution in [3.05, 3.63) is 53.4 Å². The summed E-state index contributed by atoms with van der Waals surface area (Å²) in [5, 5.41) is 6.61. The Labute approximate surface area is 193 Å². The van der Waals surface area contributed by atoms with Crippen LogP contribution in [-0.2, 0) is 4.79 Å². The molecule has 2 aliphatic heterocycles. The van der Waals surface area contributed by atoms with E-state index in [1.54, 1.807) is 0 Å². The van der Waals surface area contributed by atoms with Crippen molar-refractivity contribution in [3.63, 3.8) is 0 Å². The van der Waals surface area contributed by atoms with E-state index in [9.17, 15) is 4.79 Å². The second-order valence-corrected chi connectivity index (χ2v) is 10.1. The van der Waals surface area contributed by atoms with Gasteiger partial charge < -0.3 is 15.0 Å². The number of ether oxygens (including phenoxy) is 1. The lowest BCUT2D eigenvalue weighted by Gasteiger charge is -2.36. The van der Waals surface area contributed by atoms with Gasteiger partial charge in [-0.1, -0.05) is 12.1 Å². The van der Waals surface area contributed by atoms with E-state index in [4.69, 9.17) is 4.74 Å². The van der Waals surface area contributed by atoms with Gasteiger partial charge in [-0.2, -0.15) is 0 Å². The molecule has 3 aromatic rings. The lowest BCUT2D eigenvalue weighted by Crippen LogP contribution is -2.46. The molecule has 3 heterocycles. The Morgan fingerprint density at radius 3 is 2.84 bits per heavy atom. The monoisotopic (exact) mass is 447 g/mol. The van der Waals surface area contributed by atoms with Gasteiger partial charge in [-0.3, -0.25) is 9.69 Å². The molecular formula is C26H29N3O2S. The molecule has 2 aromatic carbocycles. The third kappa shape index (κ3) is 3.86. The lowest BCUT2D eigenvalue weighted by atomic mass is 10.0. The zero-order valence-corrected chi connectivity index (χ0v) is 19.1. The zero-order valence-electron chi connectivity index (χ0n) is 18.3. The molecule has 0 unspecified atom stereocenters. The summed E-state index contributed by atoms with van der Waals surface area (Å²) < 4.78 is 7.35. The highest BCUT2D eigenvalue weighted by Crippen LogP contribution is 2.53. The summed E-state index contributed by atoms with van der Waals surface area (Å²) in [7, 11) is 0. The molecule has 0 bridgehead atoms. The van der Waals surface area contributed by atoms with E-state index in [1.165, 1.54) is 21.3 Å². The highest BCUT2D eigenvalue weighted by molar-refractivity contribution is 7.17. The van der Waals surface area contributed by atoms with E-state index in [-0.39, 0.29) is 11.8 Å². The molecule has 3 aliphatic rings. The van der Waals surface area contributed by atoms with Gasteiger partial charge in [0.25, 0.3) is 0 Å². The Morgan fingerprint density at radius 1 is 1.03 bits per heavy atom. The Morgan fingerprint density at radius 2 is 1.94 bits per heavy atom. The number of amides is 1. The van der Waals surface area contributed by atoms with E-state index >= 15 is 0 Å². The van der Waals surface area contributed by atoms with Gasteiger partial charge in [0.05, 0.1) is 6.61 Å². The fourth-order valence-corrected chi connectivity index (χ4v) is 6.01. The van der Waals surface area contributed by atoms with Crippen LogP contribution in [0.3, 0.4) is 0 Å². The van der Waals surface area contributed by atoms with Crippen LogP contribution in [-0.4, -0.2) is 50.1 Å². The number of nitrogens with one attached hydrogen (secondary N) is 1. The number of piperazine rings is 1. The largest absolute Gasteiger partial charge is 0.494 e. The third-order valence-electron chi connectivity index (χ3n) is 7.13. The fourth-order valence-electron chi connectivity index (χ4n) is 5.20. The first-order chi connectivity index (χ1) is 15.8. The van der Waals surface area contributed by atoms with Crippen molar-refractivity contribution in [3.8, 4) is 5.75 Å². The molecule has 0 radical (unpaired) electrons. The lowest BCUT2D eigenvalue weighted by molar-refractivity contribution is -0.117. The van der Waals surface area contributed by atoms with Crippen LogP contribution in [0.15, 0.2) is 47.8 Å². The number of unbranched alkanes of at least 4 members (excludes halogenated alkanes) is 1. The molecule has 1 amide bonds. The van der Waals surface area contributed by atoms with Gasteiger partial charge in [0.15, 0.2) is 0 Å². The molecule has 32 heavy (non-hydrogen) atoms. The van der Waals surface area contributed by atoms with Crippen molar-refractivity contribution in [2.75, 3.05) is 49.5 Å². The maximum atomic E-state index is 11.9. The summed E-state index contributed by atoms with van der Waals surface area (Å²) >= 11 is 1.82. The SMILES string of the molecule is O=C1Nc2cc(OCCCCN3CCN(c4cccc5sccc45)CC3)ccc2[C@H]2C[C@@H]12. The van der Waals surface area contributed by atoms with E-state index < -0.39 is 0 Å². The molecule has 1 N–H and O–H groups in total. The zero-order chi connectivity index (χ0) is 21.5. The number of nitrogens with zero attached hydrogens (tertiary/aromatic N) is 2. The highest BCUT2D eigenvalue weighted by Gasteiger charge is 2.48. The molecule has 2 atom stereocenters. The van der Waals surface area contributed by atoms with Gasteiger partial charge in [0.1, 0.15) is 5.75 Å². The standard InChI is InChI=1S/C26H29N3O2S/c30-26-22-17-21(22)19-7-6-18(16-23(19)27-26)31-14-2-1-9-28-10-12-29(13-11-28)24-4-3-5-25-20(24)8-15-32-25/h3-8,15-16,21-22H,1-2,9-14,17H2,(H,27,30)/t21-,22-/m1/s1. The van der Waals surface area contributed by atoms with E-state index in [0.717, 1.165) is 70.0 Å². The first-order valence-electron chi connectivity index (χ1n) is 11.8. The molecule has 166 valence electrons. The van der Waals surface area contributed by atoms with E-state index in [0.29, 0.717) is 5.92 Å². The van der Waals surface area contributed by atoms with Crippen molar-refractivity contribution in [1.29, 1.82) is 0 Å². The second kappa shape index (κ2) is 8.41. The maximum Gasteiger partial charge on any atom is 0.228 e. The molecule has 2 fully saturated rings. The number of fused-ring (bicyclic) bond motifs is 4. The predicted molar refractivity (Wildman–Crippen MR) is 131 cm³/mol. The van der Waals surface area contributed by atoms with Crippen LogP contribution in [0.5, 0.6) is 5.75 Å². The summed E-state index contributed by atoms with van der Waals surface area (Å²) in [6.45, 7) is 6.27. The average Bonchev–Trinajstić information content (AvgIpc) is 3.49. The molecule has 1 aromatic heterocycles. The van der Waals surface area contributed by atoms with Gasteiger partial charge in [-0.05, 0) is 66.9 Å². The summed E-state index contributed by atoms with van der Waals surface area (Å²) in [6, 6.07) is 15.1. The van der Waals surface area contributed by atoms with Gasteiger partial charge in [0, 0.05) is 59.6 Å². The van der Waals surface area contributed by atoms with Crippen molar-refractivity contribution in [2.24, 2.45) is 5.92 Å². The normalized spacial score (nSPS) is 22.4. The topological polar surface area (TPSA) is 44.8 Å². The number of carbonyl (C=O) groups is 1. The van der Waals surface area contributed by atoms with Crippen LogP contribution >= 0.6 is 11.3 Å². The van der Waals surface area contributed by atoms with Gasteiger partial charge in [-0.15, -0.1) is 11.3 Å². The minimum Gasteiger partial charge on any atom is -0.494 e. The second-order valence-electron chi connectivity index (χ2n) is 9.18. The summed E-state index contributed by atoms with van der Waals surface area (Å²) in [4.78, 5) is 17.1. The number of carbonyl (C=O) groups excluding carboxylic acids is 1. The molecule has 6 rings (SSSR count). The van der Waals surface area contributed by atoms with Crippen molar-refractivity contribution < 1.29 is 9.53 Å². The number of hydrogen-bond acceptors (Lipinski definition) is 5. The van der Waals surface area contributed by atoms with Crippen molar-refractivity contribution >= 4 is 38.7 Å². The van der Waals surface area contributed by atoms with Crippen LogP contribution in [0.25, 0.3) is 10.1 Å². The summed E-state index contributed by atoms with van der Waals surface area (Å²) in [6.07, 6.45) is 3.19. The van der Waals surface area contributed by atoms with Crippen molar-refractivity contribution in [2.45, 2.75) is 25.2 Å². The molecule has 1 aliphatic carbocycles. The molecule has 6 heteroatoms. The molecule has 1 saturated carbocycles. The number of anilines is 2. The first kappa shape index (κ1) is 20.1. The molecule has 1 saturated heterocycles. The number of hydrogen-bond donors (Lipinski definition) is 1. The Bertz CT molecular complexity index is 1140. The number of benzene rings is 2. The van der Waals surface area contributed by atoms with Crippen LogP contribution in [0, 0.1) is 5.92 Å². The van der Waals surface area contributed by atoms with Crippen LogP contribution in [0.4, 0.5) is 11.4 Å². The predicted octanol–water partition coefficient (Wildman–Crippen LogP) is 4.94. The average molecular weight is 448 g/mol. The number of thiophene rings is 1. The van der Waals surface area contributed by atoms with E-state index in [2.05, 4.69) is 56.9 Å². The summed E-state index contributed by atoms with van der Waals surface area (Å²) in [5.74, 6) is 1.68. The fraction of sp³-hybridized carbons (Fsp3) is 0.423.